The number of nitrogens with zero attached hydrogens (tertiary/aromatic N) is 1. The molecule has 3 saturated heterocycles. The lowest BCUT2D eigenvalue weighted by Gasteiger charge is -2.44. The second-order valence-electron chi connectivity index (χ2n) is 7.60. The molecule has 0 spiro atoms. The average Bonchev–Trinajstić information content (AvgIpc) is 2.73. The highest BCUT2D eigenvalue weighted by atomic mass is 19.1. The lowest BCUT2D eigenvalue weighted by atomic mass is 9.86. The SMILES string of the molecule is O=C(O)c1ccc(NC(C(=O)O[C@H]2CN3CCC2CC3)c2ccccc2)cc1F. The van der Waals surface area contributed by atoms with E-state index in [1.807, 2.05) is 18.2 Å². The molecule has 152 valence electrons. The Bertz CT molecular complexity index is 897. The third kappa shape index (κ3) is 4.24. The number of ether oxygens (including phenoxy) is 1. The highest BCUT2D eigenvalue weighted by Crippen LogP contribution is 2.31. The minimum Gasteiger partial charge on any atom is -0.478 e. The van der Waals surface area contributed by atoms with Gasteiger partial charge in [0.1, 0.15) is 11.9 Å². The van der Waals surface area contributed by atoms with Gasteiger partial charge in [0.25, 0.3) is 0 Å². The van der Waals surface area contributed by atoms with Gasteiger partial charge in [-0.25, -0.2) is 14.0 Å². The van der Waals surface area contributed by atoms with Crippen molar-refractivity contribution in [3.8, 4) is 0 Å². The van der Waals surface area contributed by atoms with Crippen LogP contribution < -0.4 is 5.32 Å². The molecule has 0 aromatic heterocycles. The first-order valence-electron chi connectivity index (χ1n) is 9.78. The molecule has 2 bridgehead atoms. The Balaban J connectivity index is 1.55. The van der Waals surface area contributed by atoms with E-state index in [2.05, 4.69) is 10.2 Å². The van der Waals surface area contributed by atoms with Crippen LogP contribution in [-0.2, 0) is 9.53 Å². The van der Waals surface area contributed by atoms with Gasteiger partial charge in [-0.1, -0.05) is 30.3 Å². The third-order valence-electron chi connectivity index (χ3n) is 5.74. The first kappa shape index (κ1) is 19.4. The Labute approximate surface area is 168 Å². The zero-order valence-corrected chi connectivity index (χ0v) is 15.9. The Morgan fingerprint density at radius 1 is 1.14 bits per heavy atom. The number of hydrogen-bond donors (Lipinski definition) is 2. The molecular formula is C22H23FN2O4. The lowest BCUT2D eigenvalue weighted by molar-refractivity contribution is -0.159. The number of hydrogen-bond acceptors (Lipinski definition) is 5. The number of nitrogens with one attached hydrogen (secondary N) is 1. The molecule has 2 atom stereocenters. The quantitative estimate of drug-likeness (QED) is 0.727. The van der Waals surface area contributed by atoms with E-state index in [9.17, 15) is 14.0 Å². The molecule has 3 heterocycles. The number of carbonyl (C=O) groups is 2. The van der Waals surface area contributed by atoms with Crippen LogP contribution >= 0.6 is 0 Å². The van der Waals surface area contributed by atoms with Crippen LogP contribution in [0.15, 0.2) is 48.5 Å². The predicted molar refractivity (Wildman–Crippen MR) is 105 cm³/mol. The molecule has 3 aliphatic heterocycles. The maximum absolute atomic E-state index is 14.1. The molecule has 0 aliphatic carbocycles. The lowest BCUT2D eigenvalue weighted by Crippen LogP contribution is -2.52. The van der Waals surface area contributed by atoms with Gasteiger partial charge in [-0.15, -0.1) is 0 Å². The van der Waals surface area contributed by atoms with Gasteiger partial charge < -0.3 is 15.2 Å². The smallest absolute Gasteiger partial charge is 0.338 e. The van der Waals surface area contributed by atoms with Crippen molar-refractivity contribution in [3.63, 3.8) is 0 Å². The molecule has 29 heavy (non-hydrogen) atoms. The summed E-state index contributed by atoms with van der Waals surface area (Å²) < 4.78 is 20.0. The van der Waals surface area contributed by atoms with Crippen molar-refractivity contribution in [1.82, 2.24) is 4.90 Å². The number of piperidine rings is 3. The normalized spacial score (nSPS) is 24.0. The fraction of sp³-hybridized carbons (Fsp3) is 0.364. The number of carboxylic acid groups (broad SMARTS) is 1. The van der Waals surface area contributed by atoms with Crippen LogP contribution in [0, 0.1) is 11.7 Å². The number of anilines is 1. The van der Waals surface area contributed by atoms with Gasteiger partial charge in [0.05, 0.1) is 5.56 Å². The van der Waals surface area contributed by atoms with Crippen LogP contribution in [0.1, 0.15) is 34.8 Å². The predicted octanol–water partition coefficient (Wildman–Crippen LogP) is 3.31. The van der Waals surface area contributed by atoms with Crippen LogP contribution in [0.25, 0.3) is 0 Å². The van der Waals surface area contributed by atoms with Crippen molar-refractivity contribution >= 4 is 17.6 Å². The number of rotatable bonds is 6. The summed E-state index contributed by atoms with van der Waals surface area (Å²) in [6, 6.07) is 12.0. The van der Waals surface area contributed by atoms with Gasteiger partial charge in [0.15, 0.2) is 6.04 Å². The fourth-order valence-electron chi connectivity index (χ4n) is 4.13. The minimum absolute atomic E-state index is 0.135. The maximum atomic E-state index is 14.1. The van der Waals surface area contributed by atoms with Crippen molar-refractivity contribution in [2.75, 3.05) is 25.0 Å². The Morgan fingerprint density at radius 2 is 1.86 bits per heavy atom. The van der Waals surface area contributed by atoms with Crippen molar-refractivity contribution in [3.05, 3.63) is 65.5 Å². The van der Waals surface area contributed by atoms with E-state index >= 15 is 0 Å². The largest absolute Gasteiger partial charge is 0.478 e. The first-order chi connectivity index (χ1) is 14.0. The summed E-state index contributed by atoms with van der Waals surface area (Å²) in [7, 11) is 0. The summed E-state index contributed by atoms with van der Waals surface area (Å²) in [6.07, 6.45) is 1.93. The fourth-order valence-corrected chi connectivity index (χ4v) is 4.13. The van der Waals surface area contributed by atoms with E-state index in [4.69, 9.17) is 9.84 Å². The second kappa shape index (κ2) is 8.21. The summed E-state index contributed by atoms with van der Waals surface area (Å²) in [5.74, 6) is -2.24. The van der Waals surface area contributed by atoms with Gasteiger partial charge in [-0.05, 0) is 55.6 Å². The number of esters is 1. The summed E-state index contributed by atoms with van der Waals surface area (Å²) in [5, 5.41) is 12.0. The second-order valence-corrected chi connectivity index (χ2v) is 7.60. The molecule has 2 N–H and O–H groups in total. The van der Waals surface area contributed by atoms with Crippen LogP contribution in [0.3, 0.4) is 0 Å². The molecule has 3 fully saturated rings. The van der Waals surface area contributed by atoms with Crippen molar-refractivity contribution in [1.29, 1.82) is 0 Å². The highest BCUT2D eigenvalue weighted by Gasteiger charge is 2.38. The van der Waals surface area contributed by atoms with Crippen LogP contribution in [-0.4, -0.2) is 47.7 Å². The zero-order chi connectivity index (χ0) is 20.4. The van der Waals surface area contributed by atoms with E-state index in [0.29, 0.717) is 17.2 Å². The number of fused-ring (bicyclic) bond motifs is 3. The molecule has 5 rings (SSSR count). The van der Waals surface area contributed by atoms with Crippen molar-refractivity contribution in [2.24, 2.45) is 5.92 Å². The minimum atomic E-state index is -1.34. The van der Waals surface area contributed by atoms with E-state index in [-0.39, 0.29) is 6.10 Å². The molecule has 3 aliphatic rings. The van der Waals surface area contributed by atoms with Crippen LogP contribution in [0.5, 0.6) is 0 Å². The highest BCUT2D eigenvalue weighted by molar-refractivity contribution is 5.88. The Hall–Kier alpha value is -2.93. The summed E-state index contributed by atoms with van der Waals surface area (Å²) in [6.45, 7) is 2.85. The summed E-state index contributed by atoms with van der Waals surface area (Å²) >= 11 is 0. The topological polar surface area (TPSA) is 78.9 Å². The number of benzene rings is 2. The molecule has 1 unspecified atom stereocenters. The monoisotopic (exact) mass is 398 g/mol. The summed E-state index contributed by atoms with van der Waals surface area (Å²) in [5.41, 5.74) is 0.593. The molecule has 2 aromatic rings. The van der Waals surface area contributed by atoms with E-state index in [1.165, 1.54) is 12.1 Å². The Morgan fingerprint density at radius 3 is 2.45 bits per heavy atom. The number of halogens is 1. The van der Waals surface area contributed by atoms with Crippen LogP contribution in [0.2, 0.25) is 0 Å². The third-order valence-corrected chi connectivity index (χ3v) is 5.74. The molecule has 7 heteroatoms. The zero-order valence-electron chi connectivity index (χ0n) is 15.9. The number of carboxylic acids is 1. The standard InChI is InChI=1S/C22H23FN2O4/c23-18-12-16(6-7-17(18)21(26)27)24-20(15-4-2-1-3-5-15)22(28)29-19-13-25-10-8-14(19)9-11-25/h1-7,12,14,19-20,24H,8-11,13H2,(H,26,27)/t19-,20?/m0/s1. The van der Waals surface area contributed by atoms with E-state index < -0.39 is 29.4 Å². The number of carbonyl (C=O) groups excluding carboxylic acids is 1. The average molecular weight is 398 g/mol. The van der Waals surface area contributed by atoms with Crippen LogP contribution in [0.4, 0.5) is 10.1 Å². The van der Waals surface area contributed by atoms with Gasteiger partial charge in [0, 0.05) is 12.2 Å². The van der Waals surface area contributed by atoms with Crippen molar-refractivity contribution < 1.29 is 23.8 Å². The molecule has 0 saturated carbocycles. The Kier molecular flexibility index (Phi) is 5.49. The summed E-state index contributed by atoms with van der Waals surface area (Å²) in [4.78, 5) is 26.4. The van der Waals surface area contributed by atoms with Gasteiger partial charge >= 0.3 is 11.9 Å². The van der Waals surface area contributed by atoms with Gasteiger partial charge in [-0.3, -0.25) is 4.90 Å². The van der Waals surface area contributed by atoms with E-state index in [1.54, 1.807) is 12.1 Å². The van der Waals surface area contributed by atoms with Crippen molar-refractivity contribution in [2.45, 2.75) is 25.0 Å². The molecule has 0 amide bonds. The molecule has 2 aromatic carbocycles. The molecule has 0 radical (unpaired) electrons. The van der Waals surface area contributed by atoms with Gasteiger partial charge in [-0.2, -0.15) is 0 Å². The van der Waals surface area contributed by atoms with Gasteiger partial charge in [0.2, 0.25) is 0 Å². The molecular weight excluding hydrogens is 375 g/mol. The first-order valence-corrected chi connectivity index (χ1v) is 9.78. The van der Waals surface area contributed by atoms with E-state index in [0.717, 1.165) is 38.5 Å². The number of aromatic carboxylic acids is 1. The maximum Gasteiger partial charge on any atom is 0.338 e. The molecule has 6 nitrogen and oxygen atoms in total.